The number of anilines is 1. The Balaban J connectivity index is 1.77. The Morgan fingerprint density at radius 2 is 1.79 bits per heavy atom. The molecule has 3 rings (SSSR count). The molecule has 0 spiro atoms. The second kappa shape index (κ2) is 8.44. The van der Waals surface area contributed by atoms with Crippen molar-refractivity contribution in [3.8, 4) is 11.3 Å². The third-order valence-electron chi connectivity index (χ3n) is 4.53. The minimum atomic E-state index is -0.203. The van der Waals surface area contributed by atoms with Gasteiger partial charge in [0.05, 0.1) is 6.04 Å². The van der Waals surface area contributed by atoms with E-state index in [-0.39, 0.29) is 17.9 Å². The molecule has 2 amide bonds. The van der Waals surface area contributed by atoms with Crippen LogP contribution < -0.4 is 10.6 Å². The van der Waals surface area contributed by atoms with Crippen LogP contribution in [-0.2, 0) is 11.8 Å². The number of rotatable bonds is 5. The topological polar surface area (TPSA) is 63.1 Å². The second-order valence-electron chi connectivity index (χ2n) is 6.67. The Labute approximate surface area is 172 Å². The zero-order valence-corrected chi connectivity index (χ0v) is 17.6. The Morgan fingerprint density at radius 1 is 1.04 bits per heavy atom. The second-order valence-corrected chi connectivity index (χ2v) is 7.59. The molecular weight excluding hydrogens is 418 g/mol. The van der Waals surface area contributed by atoms with E-state index < -0.39 is 0 Å². The molecule has 28 heavy (non-hydrogen) atoms. The third kappa shape index (κ3) is 4.51. The number of hydrogen-bond donors (Lipinski definition) is 2. The lowest BCUT2D eigenvalue weighted by molar-refractivity contribution is -0.114. The Bertz CT molecular complexity index is 1030. The maximum absolute atomic E-state index is 12.8. The standard InChI is InChI=1S/C22H22BrN3O2/c1-14(16-6-5-9-19(13-16)25-15(2)27)24-22(28)21-11-10-20(26(21)3)17-7-4-8-18(23)12-17/h4-14H,1-3H3,(H,24,28)(H,25,27)/t14-/m0/s1. The van der Waals surface area contributed by atoms with Gasteiger partial charge in [-0.25, -0.2) is 0 Å². The van der Waals surface area contributed by atoms with Crippen LogP contribution in [0.25, 0.3) is 11.3 Å². The van der Waals surface area contributed by atoms with E-state index >= 15 is 0 Å². The molecule has 0 fully saturated rings. The fraction of sp³-hybridized carbons (Fsp3) is 0.182. The molecule has 0 bridgehead atoms. The van der Waals surface area contributed by atoms with E-state index in [1.54, 1.807) is 0 Å². The molecule has 0 unspecified atom stereocenters. The lowest BCUT2D eigenvalue weighted by Gasteiger charge is -2.16. The average molecular weight is 440 g/mol. The molecule has 5 nitrogen and oxygen atoms in total. The molecule has 1 atom stereocenters. The first-order chi connectivity index (χ1) is 13.3. The number of carbonyl (C=O) groups excluding carboxylic acids is 2. The van der Waals surface area contributed by atoms with E-state index in [9.17, 15) is 9.59 Å². The molecule has 1 aromatic heterocycles. The monoisotopic (exact) mass is 439 g/mol. The molecule has 144 valence electrons. The summed E-state index contributed by atoms with van der Waals surface area (Å²) in [6.07, 6.45) is 0. The van der Waals surface area contributed by atoms with Crippen molar-refractivity contribution in [3.63, 3.8) is 0 Å². The van der Waals surface area contributed by atoms with Gasteiger partial charge in [0.25, 0.3) is 5.91 Å². The molecule has 0 aliphatic rings. The van der Waals surface area contributed by atoms with Crippen LogP contribution in [0.3, 0.4) is 0 Å². The summed E-state index contributed by atoms with van der Waals surface area (Å²) < 4.78 is 2.88. The van der Waals surface area contributed by atoms with E-state index in [0.717, 1.165) is 21.3 Å². The summed E-state index contributed by atoms with van der Waals surface area (Å²) in [4.78, 5) is 24.1. The first-order valence-electron chi connectivity index (χ1n) is 8.95. The maximum atomic E-state index is 12.8. The van der Waals surface area contributed by atoms with Crippen LogP contribution in [0.15, 0.2) is 65.1 Å². The summed E-state index contributed by atoms with van der Waals surface area (Å²) in [5.41, 5.74) is 4.21. The highest BCUT2D eigenvalue weighted by molar-refractivity contribution is 9.10. The number of benzene rings is 2. The van der Waals surface area contributed by atoms with Gasteiger partial charge in [-0.05, 0) is 54.4 Å². The van der Waals surface area contributed by atoms with Crippen LogP contribution in [0, 0.1) is 0 Å². The normalized spacial score (nSPS) is 11.7. The summed E-state index contributed by atoms with van der Waals surface area (Å²) in [7, 11) is 1.88. The molecular formula is C22H22BrN3O2. The van der Waals surface area contributed by atoms with Crippen molar-refractivity contribution in [3.05, 3.63) is 76.4 Å². The minimum Gasteiger partial charge on any atom is -0.344 e. The molecule has 3 aromatic rings. The Kier molecular flexibility index (Phi) is 5.99. The number of nitrogens with zero attached hydrogens (tertiary/aromatic N) is 1. The van der Waals surface area contributed by atoms with Crippen LogP contribution in [0.4, 0.5) is 5.69 Å². The fourth-order valence-electron chi connectivity index (χ4n) is 3.12. The fourth-order valence-corrected chi connectivity index (χ4v) is 3.52. The van der Waals surface area contributed by atoms with Crippen molar-refractivity contribution < 1.29 is 9.59 Å². The molecule has 1 heterocycles. The number of nitrogens with one attached hydrogen (secondary N) is 2. The van der Waals surface area contributed by atoms with Gasteiger partial charge < -0.3 is 15.2 Å². The van der Waals surface area contributed by atoms with Crippen molar-refractivity contribution in [2.45, 2.75) is 19.9 Å². The number of carbonyl (C=O) groups is 2. The third-order valence-corrected chi connectivity index (χ3v) is 5.02. The SMILES string of the molecule is CC(=O)Nc1cccc([C@H](C)NC(=O)c2ccc(-c3cccc(Br)c3)n2C)c1. The highest BCUT2D eigenvalue weighted by Gasteiger charge is 2.17. The molecule has 2 N–H and O–H groups in total. The van der Waals surface area contributed by atoms with Gasteiger partial charge in [-0.1, -0.05) is 40.2 Å². The van der Waals surface area contributed by atoms with E-state index in [4.69, 9.17) is 0 Å². The van der Waals surface area contributed by atoms with Crippen molar-refractivity contribution in [1.82, 2.24) is 9.88 Å². The predicted molar refractivity (Wildman–Crippen MR) is 115 cm³/mol. The quantitative estimate of drug-likeness (QED) is 0.593. The van der Waals surface area contributed by atoms with Crippen LogP contribution in [-0.4, -0.2) is 16.4 Å². The highest BCUT2D eigenvalue weighted by atomic mass is 79.9. The smallest absolute Gasteiger partial charge is 0.268 e. The zero-order valence-electron chi connectivity index (χ0n) is 16.0. The van der Waals surface area contributed by atoms with Crippen molar-refractivity contribution >= 4 is 33.4 Å². The summed E-state index contributed by atoms with van der Waals surface area (Å²) in [6, 6.07) is 19.0. The Morgan fingerprint density at radius 3 is 2.50 bits per heavy atom. The van der Waals surface area contributed by atoms with Gasteiger partial charge >= 0.3 is 0 Å². The van der Waals surface area contributed by atoms with E-state index in [1.165, 1.54) is 6.92 Å². The molecule has 0 radical (unpaired) electrons. The van der Waals surface area contributed by atoms with Crippen molar-refractivity contribution in [2.75, 3.05) is 5.32 Å². The average Bonchev–Trinajstić information content (AvgIpc) is 3.03. The molecule has 0 aliphatic heterocycles. The van der Waals surface area contributed by atoms with Gasteiger partial charge in [0.1, 0.15) is 5.69 Å². The predicted octanol–water partition coefficient (Wildman–Crippen LogP) is 4.90. The van der Waals surface area contributed by atoms with Gasteiger partial charge in [0, 0.05) is 29.8 Å². The number of hydrogen-bond acceptors (Lipinski definition) is 2. The molecule has 0 saturated heterocycles. The number of halogens is 1. The van der Waals surface area contributed by atoms with Crippen LogP contribution >= 0.6 is 15.9 Å². The first kappa shape index (κ1) is 19.9. The van der Waals surface area contributed by atoms with E-state index in [1.807, 2.05) is 79.2 Å². The van der Waals surface area contributed by atoms with Crippen LogP contribution in [0.2, 0.25) is 0 Å². The minimum absolute atomic E-state index is 0.127. The van der Waals surface area contributed by atoms with Gasteiger partial charge in [-0.2, -0.15) is 0 Å². The van der Waals surface area contributed by atoms with Crippen LogP contribution in [0.5, 0.6) is 0 Å². The lowest BCUT2D eigenvalue weighted by Crippen LogP contribution is -2.28. The van der Waals surface area contributed by atoms with Crippen LogP contribution in [0.1, 0.15) is 35.9 Å². The zero-order chi connectivity index (χ0) is 20.3. The summed E-state index contributed by atoms with van der Waals surface area (Å²) in [6.45, 7) is 3.39. The molecule has 2 aromatic carbocycles. The van der Waals surface area contributed by atoms with Crippen molar-refractivity contribution in [2.24, 2.45) is 7.05 Å². The summed E-state index contributed by atoms with van der Waals surface area (Å²) in [5, 5.41) is 5.79. The first-order valence-corrected chi connectivity index (χ1v) is 9.74. The number of amides is 2. The summed E-state index contributed by atoms with van der Waals surface area (Å²) >= 11 is 3.48. The van der Waals surface area contributed by atoms with E-state index in [2.05, 4.69) is 26.6 Å². The Hall–Kier alpha value is -2.86. The summed E-state index contributed by atoms with van der Waals surface area (Å²) in [5.74, 6) is -0.279. The molecule has 0 saturated carbocycles. The van der Waals surface area contributed by atoms with E-state index in [0.29, 0.717) is 11.4 Å². The van der Waals surface area contributed by atoms with Gasteiger partial charge in [-0.3, -0.25) is 9.59 Å². The largest absolute Gasteiger partial charge is 0.344 e. The highest BCUT2D eigenvalue weighted by Crippen LogP contribution is 2.25. The van der Waals surface area contributed by atoms with Gasteiger partial charge in [0.15, 0.2) is 0 Å². The lowest BCUT2D eigenvalue weighted by atomic mass is 10.1. The van der Waals surface area contributed by atoms with Crippen molar-refractivity contribution in [1.29, 1.82) is 0 Å². The molecule has 6 heteroatoms. The van der Waals surface area contributed by atoms with Gasteiger partial charge in [0.2, 0.25) is 5.91 Å². The molecule has 0 aliphatic carbocycles. The maximum Gasteiger partial charge on any atom is 0.268 e. The number of aromatic nitrogens is 1. The van der Waals surface area contributed by atoms with Gasteiger partial charge in [-0.15, -0.1) is 0 Å².